The monoisotopic (exact) mass is 291 g/mol. The van der Waals surface area contributed by atoms with Gasteiger partial charge in [0.25, 0.3) is 0 Å². The van der Waals surface area contributed by atoms with Crippen LogP contribution in [0, 0.1) is 6.92 Å². The summed E-state index contributed by atoms with van der Waals surface area (Å²) in [6, 6.07) is 9.25. The summed E-state index contributed by atoms with van der Waals surface area (Å²) in [5, 5.41) is 10.5. The van der Waals surface area contributed by atoms with Gasteiger partial charge >= 0.3 is 0 Å². The molecule has 0 saturated carbocycles. The number of phenolic OH excluding ortho intramolecular Hbond substituents is 1. The van der Waals surface area contributed by atoms with Crippen molar-refractivity contribution in [2.75, 3.05) is 0 Å². The molecule has 3 heteroatoms. The smallest absolute Gasteiger partial charge is 0.141 e. The molecule has 2 aromatic rings. The van der Waals surface area contributed by atoms with Crippen LogP contribution in [0.15, 0.2) is 30.3 Å². The van der Waals surface area contributed by atoms with Gasteiger partial charge in [0.1, 0.15) is 11.3 Å². The minimum atomic E-state index is 0. The quantitative estimate of drug-likeness (QED) is 0.817. The van der Waals surface area contributed by atoms with Gasteiger partial charge in [0.05, 0.1) is 0 Å². The third-order valence-corrected chi connectivity index (χ3v) is 2.01. The predicted molar refractivity (Wildman–Crippen MR) is 63.8 cm³/mol. The summed E-state index contributed by atoms with van der Waals surface area (Å²) in [4.78, 5) is 4.28. The molecule has 16 heavy (non-hydrogen) atoms. The van der Waals surface area contributed by atoms with E-state index in [-0.39, 0.29) is 38.5 Å². The van der Waals surface area contributed by atoms with Crippen molar-refractivity contribution in [2.45, 2.75) is 20.3 Å². The predicted octanol–water partition coefficient (Wildman–Crippen LogP) is 3.34. The van der Waals surface area contributed by atoms with Gasteiger partial charge in [0.2, 0.25) is 0 Å². The van der Waals surface area contributed by atoms with Gasteiger partial charge in [-0.1, -0.05) is 32.0 Å². The molecule has 0 bridgehead atoms. The molecular formula is C13H16NOY-. The summed E-state index contributed by atoms with van der Waals surface area (Å²) in [5.41, 5.74) is 1.55. The largest absolute Gasteiger partial charge is 0.506 e. The number of hydrogen-bond acceptors (Lipinski definition) is 2. The minimum Gasteiger partial charge on any atom is -0.506 e. The average Bonchev–Trinajstić information content (AvgIpc) is 2.32. The number of para-hydroxylation sites is 1. The molecule has 0 unspecified atom stereocenters. The molecule has 1 N–H and O–H groups in total. The summed E-state index contributed by atoms with van der Waals surface area (Å²) in [6.07, 6.45) is 0.643. The Labute approximate surface area is 122 Å². The molecule has 1 radical (unpaired) electrons. The second-order valence-corrected chi connectivity index (χ2v) is 2.90. The number of pyridine rings is 1. The van der Waals surface area contributed by atoms with Gasteiger partial charge in [0.15, 0.2) is 0 Å². The fourth-order valence-corrected chi connectivity index (χ4v) is 1.31. The zero-order chi connectivity index (χ0) is 11.3. The summed E-state index contributed by atoms with van der Waals surface area (Å²) in [7, 11) is 0. The van der Waals surface area contributed by atoms with Gasteiger partial charge < -0.3 is 12.0 Å². The Balaban J connectivity index is 0.000000711. The fourth-order valence-electron chi connectivity index (χ4n) is 1.31. The molecule has 0 atom stereocenters. The van der Waals surface area contributed by atoms with E-state index in [4.69, 9.17) is 0 Å². The first-order chi connectivity index (χ1) is 7.31. The molecule has 0 saturated heterocycles. The standard InChI is InChI=1S/C11H10NO.C2H6.Y/c1-2-9-7-6-8-4-3-5-10(13)11(8)12-9;1-2;/h3-7,13H,1-2H2;1-2H3;/q-1;;. The van der Waals surface area contributed by atoms with Crippen molar-refractivity contribution in [3.05, 3.63) is 42.9 Å². The van der Waals surface area contributed by atoms with Gasteiger partial charge in [-0.05, 0) is 12.1 Å². The molecule has 0 amide bonds. The van der Waals surface area contributed by atoms with Crippen LogP contribution >= 0.6 is 0 Å². The molecule has 1 aromatic carbocycles. The van der Waals surface area contributed by atoms with Crippen LogP contribution in [0.25, 0.3) is 10.9 Å². The Kier molecular flexibility index (Phi) is 7.52. The Morgan fingerprint density at radius 2 is 1.88 bits per heavy atom. The van der Waals surface area contributed by atoms with E-state index in [9.17, 15) is 5.11 Å². The van der Waals surface area contributed by atoms with Crippen LogP contribution < -0.4 is 0 Å². The molecular weight excluding hydrogens is 275 g/mol. The maximum Gasteiger partial charge on any atom is 0.141 e. The zero-order valence-electron chi connectivity index (χ0n) is 9.77. The van der Waals surface area contributed by atoms with Crippen molar-refractivity contribution in [2.24, 2.45) is 0 Å². The first-order valence-electron chi connectivity index (χ1n) is 5.18. The SMILES string of the molecule is CC.[CH2-]Cc1ccc2cccc(O)c2n1.[Y]. The van der Waals surface area contributed by atoms with Crippen molar-refractivity contribution >= 4 is 10.9 Å². The number of fused-ring (bicyclic) bond motifs is 1. The van der Waals surface area contributed by atoms with Crippen LogP contribution in [-0.2, 0) is 39.1 Å². The fraction of sp³-hybridized carbons (Fsp3) is 0.231. The van der Waals surface area contributed by atoms with Crippen LogP contribution in [0.2, 0.25) is 0 Å². The summed E-state index contributed by atoms with van der Waals surface area (Å²) >= 11 is 0. The number of phenols is 1. The van der Waals surface area contributed by atoms with Gasteiger partial charge in [-0.15, -0.1) is 6.42 Å². The second-order valence-electron chi connectivity index (χ2n) is 2.90. The molecule has 1 heterocycles. The van der Waals surface area contributed by atoms with Crippen LogP contribution in [-0.4, -0.2) is 10.1 Å². The van der Waals surface area contributed by atoms with Crippen LogP contribution in [0.3, 0.4) is 0 Å². The van der Waals surface area contributed by atoms with E-state index < -0.39 is 0 Å². The van der Waals surface area contributed by atoms with E-state index in [0.29, 0.717) is 11.9 Å². The van der Waals surface area contributed by atoms with E-state index in [1.54, 1.807) is 6.07 Å². The van der Waals surface area contributed by atoms with Crippen molar-refractivity contribution < 1.29 is 37.8 Å². The zero-order valence-corrected chi connectivity index (χ0v) is 12.6. The van der Waals surface area contributed by atoms with Gasteiger partial charge in [-0.3, -0.25) is 4.98 Å². The Hall–Kier alpha value is -0.466. The van der Waals surface area contributed by atoms with E-state index in [1.165, 1.54) is 0 Å². The third kappa shape index (κ3) is 3.53. The third-order valence-electron chi connectivity index (χ3n) is 2.01. The van der Waals surface area contributed by atoms with E-state index >= 15 is 0 Å². The Morgan fingerprint density at radius 3 is 2.50 bits per heavy atom. The second kappa shape index (κ2) is 7.75. The molecule has 0 aliphatic rings. The van der Waals surface area contributed by atoms with Crippen LogP contribution in [0.4, 0.5) is 0 Å². The van der Waals surface area contributed by atoms with Crippen molar-refractivity contribution in [3.8, 4) is 5.75 Å². The topological polar surface area (TPSA) is 33.1 Å². The average molecular weight is 291 g/mol. The molecule has 83 valence electrons. The summed E-state index contributed by atoms with van der Waals surface area (Å²) < 4.78 is 0. The maximum atomic E-state index is 9.51. The number of rotatable bonds is 1. The number of nitrogens with zero attached hydrogens (tertiary/aromatic N) is 1. The first-order valence-corrected chi connectivity index (χ1v) is 5.18. The number of benzene rings is 1. The van der Waals surface area contributed by atoms with Gasteiger partial charge in [-0.2, -0.15) is 0 Å². The van der Waals surface area contributed by atoms with Crippen molar-refractivity contribution in [3.63, 3.8) is 0 Å². The number of aromatic nitrogens is 1. The minimum absolute atomic E-state index is 0. The Bertz CT molecular complexity index is 443. The number of hydrogen-bond donors (Lipinski definition) is 1. The first kappa shape index (κ1) is 15.5. The number of aromatic hydroxyl groups is 1. The maximum absolute atomic E-state index is 9.51. The van der Waals surface area contributed by atoms with Crippen LogP contribution in [0.5, 0.6) is 5.75 Å². The molecule has 1 aromatic heterocycles. The molecule has 0 spiro atoms. The van der Waals surface area contributed by atoms with Gasteiger partial charge in [0, 0.05) is 43.8 Å². The van der Waals surface area contributed by atoms with Crippen molar-refractivity contribution in [1.82, 2.24) is 4.98 Å². The molecule has 2 nitrogen and oxygen atoms in total. The molecule has 0 aliphatic carbocycles. The normalized spacial score (nSPS) is 8.94. The van der Waals surface area contributed by atoms with E-state index in [2.05, 4.69) is 11.9 Å². The van der Waals surface area contributed by atoms with Crippen LogP contribution in [0.1, 0.15) is 19.5 Å². The molecule has 0 aliphatic heterocycles. The molecule has 0 fully saturated rings. The van der Waals surface area contributed by atoms with E-state index in [0.717, 1.165) is 11.1 Å². The van der Waals surface area contributed by atoms with Gasteiger partial charge in [-0.25, -0.2) is 0 Å². The van der Waals surface area contributed by atoms with Crippen molar-refractivity contribution in [1.29, 1.82) is 0 Å². The van der Waals surface area contributed by atoms with E-state index in [1.807, 2.05) is 38.1 Å². The summed E-state index contributed by atoms with van der Waals surface area (Å²) in [6.45, 7) is 7.75. The summed E-state index contributed by atoms with van der Waals surface area (Å²) in [5.74, 6) is 0.229. The Morgan fingerprint density at radius 1 is 1.19 bits per heavy atom. The molecule has 2 rings (SSSR count).